The molecule has 0 saturated carbocycles. The summed E-state index contributed by atoms with van der Waals surface area (Å²) in [7, 11) is 0. The summed E-state index contributed by atoms with van der Waals surface area (Å²) in [6, 6.07) is 0. The maximum absolute atomic E-state index is 3.44. The fourth-order valence-corrected chi connectivity index (χ4v) is 1.32. The van der Waals surface area contributed by atoms with Crippen molar-refractivity contribution in [2.45, 2.75) is 47.5 Å². The van der Waals surface area contributed by atoms with Gasteiger partial charge in [0.2, 0.25) is 0 Å². The quantitative estimate of drug-likeness (QED) is 0.509. The van der Waals surface area contributed by atoms with Crippen LogP contribution in [0.4, 0.5) is 0 Å². The molecule has 0 fully saturated rings. The lowest BCUT2D eigenvalue weighted by atomic mass is 9.92. The molecule has 78 valence electrons. The van der Waals surface area contributed by atoms with Gasteiger partial charge in [0.1, 0.15) is 0 Å². The van der Waals surface area contributed by atoms with E-state index in [-0.39, 0.29) is 0 Å². The molecule has 0 aromatic carbocycles. The number of nitrogens with one attached hydrogen (secondary N) is 1. The van der Waals surface area contributed by atoms with Crippen LogP contribution in [0.5, 0.6) is 0 Å². The Kier molecular flexibility index (Phi) is 6.06. The van der Waals surface area contributed by atoms with E-state index in [1.807, 2.05) is 0 Å². The van der Waals surface area contributed by atoms with Crippen molar-refractivity contribution in [3.05, 3.63) is 11.6 Å². The van der Waals surface area contributed by atoms with E-state index in [0.717, 1.165) is 19.5 Å². The molecule has 0 aromatic heterocycles. The van der Waals surface area contributed by atoms with Gasteiger partial charge in [-0.15, -0.1) is 0 Å². The minimum Gasteiger partial charge on any atom is -0.313 e. The zero-order chi connectivity index (χ0) is 10.3. The summed E-state index contributed by atoms with van der Waals surface area (Å²) in [5.41, 5.74) is 1.85. The van der Waals surface area contributed by atoms with Crippen molar-refractivity contribution < 1.29 is 0 Å². The first-order valence-electron chi connectivity index (χ1n) is 5.41. The van der Waals surface area contributed by atoms with Crippen LogP contribution in [0, 0.1) is 5.41 Å². The second-order valence-corrected chi connectivity index (χ2v) is 4.70. The largest absolute Gasteiger partial charge is 0.313 e. The fraction of sp³-hybridized carbons (Fsp3) is 0.833. The lowest BCUT2D eigenvalue weighted by molar-refractivity contribution is 0.534. The van der Waals surface area contributed by atoms with Crippen LogP contribution in [0.3, 0.4) is 0 Å². The van der Waals surface area contributed by atoms with Gasteiger partial charge in [0.05, 0.1) is 0 Å². The summed E-state index contributed by atoms with van der Waals surface area (Å²) in [5.74, 6) is 0. The normalized spacial score (nSPS) is 13.5. The summed E-state index contributed by atoms with van der Waals surface area (Å²) in [5, 5.41) is 3.44. The van der Waals surface area contributed by atoms with E-state index in [0.29, 0.717) is 5.41 Å². The summed E-state index contributed by atoms with van der Waals surface area (Å²) in [6.07, 6.45) is 4.76. The van der Waals surface area contributed by atoms with Gasteiger partial charge in [-0.25, -0.2) is 0 Å². The molecule has 0 amide bonds. The van der Waals surface area contributed by atoms with E-state index in [1.165, 1.54) is 12.0 Å². The van der Waals surface area contributed by atoms with Crippen LogP contribution in [-0.4, -0.2) is 13.1 Å². The number of allylic oxidation sites excluding steroid dienone is 1. The van der Waals surface area contributed by atoms with Crippen LogP contribution in [-0.2, 0) is 0 Å². The summed E-state index contributed by atoms with van der Waals surface area (Å²) in [6.45, 7) is 13.4. The summed E-state index contributed by atoms with van der Waals surface area (Å²) in [4.78, 5) is 0. The molecule has 0 saturated heterocycles. The van der Waals surface area contributed by atoms with E-state index >= 15 is 0 Å². The number of hydrogen-bond acceptors (Lipinski definition) is 1. The third-order valence-corrected chi connectivity index (χ3v) is 1.87. The topological polar surface area (TPSA) is 12.0 Å². The Morgan fingerprint density at radius 2 is 1.85 bits per heavy atom. The average molecular weight is 183 g/mol. The minimum atomic E-state index is 0.319. The maximum atomic E-state index is 3.44. The highest BCUT2D eigenvalue weighted by Crippen LogP contribution is 2.18. The molecular formula is C12H25N. The molecule has 1 N–H and O–H groups in total. The first-order chi connectivity index (χ1) is 5.99. The van der Waals surface area contributed by atoms with E-state index in [9.17, 15) is 0 Å². The Morgan fingerprint density at radius 1 is 1.23 bits per heavy atom. The Hall–Kier alpha value is -0.300. The fourth-order valence-electron chi connectivity index (χ4n) is 1.32. The van der Waals surface area contributed by atoms with Crippen molar-refractivity contribution in [3.63, 3.8) is 0 Å². The first kappa shape index (κ1) is 12.7. The van der Waals surface area contributed by atoms with Crippen LogP contribution >= 0.6 is 0 Å². The first-order valence-corrected chi connectivity index (χ1v) is 5.41. The van der Waals surface area contributed by atoms with Gasteiger partial charge in [-0.05, 0) is 24.8 Å². The van der Waals surface area contributed by atoms with Crippen molar-refractivity contribution in [1.82, 2.24) is 5.32 Å². The van der Waals surface area contributed by atoms with Gasteiger partial charge in [0.15, 0.2) is 0 Å². The van der Waals surface area contributed by atoms with Gasteiger partial charge < -0.3 is 5.32 Å². The molecule has 1 heteroatoms. The predicted molar refractivity (Wildman–Crippen MR) is 61.0 cm³/mol. The number of rotatable bonds is 5. The van der Waals surface area contributed by atoms with Crippen LogP contribution in [0.2, 0.25) is 0 Å². The molecule has 0 unspecified atom stereocenters. The van der Waals surface area contributed by atoms with E-state index in [2.05, 4.69) is 46.0 Å². The van der Waals surface area contributed by atoms with E-state index in [1.54, 1.807) is 0 Å². The molecule has 1 nitrogen and oxygen atoms in total. The Morgan fingerprint density at radius 3 is 2.23 bits per heavy atom. The van der Waals surface area contributed by atoms with Gasteiger partial charge in [0.25, 0.3) is 0 Å². The average Bonchev–Trinajstić information content (AvgIpc) is 2.01. The van der Waals surface area contributed by atoms with Crippen LogP contribution in [0.25, 0.3) is 0 Å². The Bertz CT molecular complexity index is 151. The highest BCUT2D eigenvalue weighted by atomic mass is 14.8. The number of hydrogen-bond donors (Lipinski definition) is 1. The second kappa shape index (κ2) is 6.20. The maximum Gasteiger partial charge on any atom is 0.0164 e. The molecule has 0 heterocycles. The van der Waals surface area contributed by atoms with Gasteiger partial charge in [0, 0.05) is 6.54 Å². The lowest BCUT2D eigenvalue weighted by Gasteiger charge is -2.16. The lowest BCUT2D eigenvalue weighted by Crippen LogP contribution is -2.18. The molecule has 0 aliphatic rings. The van der Waals surface area contributed by atoms with Crippen molar-refractivity contribution in [1.29, 1.82) is 0 Å². The molecule has 13 heavy (non-hydrogen) atoms. The van der Waals surface area contributed by atoms with Crippen molar-refractivity contribution >= 4 is 0 Å². The predicted octanol–water partition coefficient (Wildman–Crippen LogP) is 3.37. The molecule has 0 aromatic rings. The van der Waals surface area contributed by atoms with Crippen molar-refractivity contribution in [2.75, 3.05) is 13.1 Å². The van der Waals surface area contributed by atoms with Crippen molar-refractivity contribution in [2.24, 2.45) is 5.41 Å². The highest BCUT2D eigenvalue weighted by Gasteiger charge is 2.06. The SMILES string of the molecule is CCCNCC(=CC(C)(C)C)CC. The van der Waals surface area contributed by atoms with Gasteiger partial charge in [-0.1, -0.05) is 46.3 Å². The molecule has 0 aliphatic carbocycles. The third kappa shape index (κ3) is 8.04. The smallest absolute Gasteiger partial charge is 0.0164 e. The van der Waals surface area contributed by atoms with E-state index in [4.69, 9.17) is 0 Å². The minimum absolute atomic E-state index is 0.319. The van der Waals surface area contributed by atoms with Gasteiger partial charge >= 0.3 is 0 Å². The van der Waals surface area contributed by atoms with Gasteiger partial charge in [-0.2, -0.15) is 0 Å². The van der Waals surface area contributed by atoms with E-state index < -0.39 is 0 Å². The Labute approximate surface area is 83.6 Å². The Balaban J connectivity index is 3.95. The van der Waals surface area contributed by atoms with Crippen LogP contribution in [0.15, 0.2) is 11.6 Å². The molecule has 0 bridgehead atoms. The molecule has 0 atom stereocenters. The summed E-state index contributed by atoms with van der Waals surface area (Å²) < 4.78 is 0. The zero-order valence-electron chi connectivity index (χ0n) is 9.91. The third-order valence-electron chi connectivity index (χ3n) is 1.87. The van der Waals surface area contributed by atoms with Crippen molar-refractivity contribution in [3.8, 4) is 0 Å². The standard InChI is InChI=1S/C12H25N/c1-6-8-13-10-11(7-2)9-12(3,4)5/h9,13H,6-8,10H2,1-5H3. The van der Waals surface area contributed by atoms with Gasteiger partial charge in [-0.3, -0.25) is 0 Å². The second-order valence-electron chi connectivity index (χ2n) is 4.70. The molecule has 0 rings (SSSR count). The molecule has 0 spiro atoms. The monoisotopic (exact) mass is 183 g/mol. The summed E-state index contributed by atoms with van der Waals surface area (Å²) >= 11 is 0. The molecule has 0 aliphatic heterocycles. The zero-order valence-corrected chi connectivity index (χ0v) is 9.91. The molecular weight excluding hydrogens is 158 g/mol. The van der Waals surface area contributed by atoms with Crippen LogP contribution in [0.1, 0.15) is 47.5 Å². The van der Waals surface area contributed by atoms with Crippen LogP contribution < -0.4 is 5.32 Å². The highest BCUT2D eigenvalue weighted by molar-refractivity contribution is 5.08. The molecule has 0 radical (unpaired) electrons.